The van der Waals surface area contributed by atoms with Crippen LogP contribution in [0.1, 0.15) is 17.2 Å². The molecular weight excluding hydrogens is 366 g/mol. The van der Waals surface area contributed by atoms with Crippen LogP contribution in [0.25, 0.3) is 0 Å². The fourth-order valence-electron chi connectivity index (χ4n) is 3.55. The Bertz CT molecular complexity index is 928. The highest BCUT2D eigenvalue weighted by Gasteiger charge is 2.36. The number of hydrogen-bond donors (Lipinski definition) is 0. The van der Waals surface area contributed by atoms with Gasteiger partial charge in [-0.25, -0.2) is 8.42 Å². The Morgan fingerprint density at radius 2 is 1.67 bits per heavy atom. The van der Waals surface area contributed by atoms with E-state index >= 15 is 0 Å². The molecule has 27 heavy (non-hydrogen) atoms. The minimum absolute atomic E-state index is 0.0531. The van der Waals surface area contributed by atoms with E-state index in [1.165, 1.54) is 0 Å². The van der Waals surface area contributed by atoms with Gasteiger partial charge in [0.15, 0.2) is 21.3 Å². The number of rotatable bonds is 2. The topological polar surface area (TPSA) is 72.9 Å². The smallest absolute Gasteiger partial charge is 0.267 e. The van der Waals surface area contributed by atoms with Crippen molar-refractivity contribution in [1.82, 2.24) is 4.90 Å². The number of ether oxygens (including phenoxy) is 2. The van der Waals surface area contributed by atoms with Crippen molar-refractivity contribution >= 4 is 15.7 Å². The first kappa shape index (κ1) is 17.9. The summed E-state index contributed by atoms with van der Waals surface area (Å²) in [6, 6.07) is 16.4. The second-order valence-corrected chi connectivity index (χ2v) is 9.05. The van der Waals surface area contributed by atoms with Crippen LogP contribution in [0.2, 0.25) is 0 Å². The van der Waals surface area contributed by atoms with Crippen LogP contribution in [0, 0.1) is 0 Å². The summed E-state index contributed by atoms with van der Waals surface area (Å²) in [6.45, 7) is 0.673. The molecule has 2 aliphatic heterocycles. The van der Waals surface area contributed by atoms with Gasteiger partial charge in [-0.2, -0.15) is 0 Å². The van der Waals surface area contributed by atoms with E-state index < -0.39 is 21.2 Å². The lowest BCUT2D eigenvalue weighted by Gasteiger charge is -2.30. The summed E-state index contributed by atoms with van der Waals surface area (Å²) in [5.74, 6) is 0.867. The van der Waals surface area contributed by atoms with Crippen LogP contribution < -0.4 is 9.47 Å². The van der Waals surface area contributed by atoms with E-state index in [-0.39, 0.29) is 24.8 Å². The Labute approximate surface area is 158 Å². The third-order valence-corrected chi connectivity index (χ3v) is 7.13. The Hall–Kier alpha value is -2.54. The normalized spacial score (nSPS) is 24.1. The van der Waals surface area contributed by atoms with Crippen LogP contribution in [-0.2, 0) is 14.6 Å². The maximum Gasteiger partial charge on any atom is 0.267 e. The third-order valence-electron chi connectivity index (χ3n) is 5.01. The number of carbonyl (C=O) groups excluding carboxylic acids is 1. The molecule has 6 nitrogen and oxygen atoms in total. The average Bonchev–Trinajstić information content (AvgIpc) is 2.85. The largest absolute Gasteiger partial charge is 0.485 e. The van der Waals surface area contributed by atoms with Gasteiger partial charge in [-0.3, -0.25) is 4.79 Å². The Morgan fingerprint density at radius 3 is 2.44 bits per heavy atom. The molecule has 0 unspecified atom stereocenters. The summed E-state index contributed by atoms with van der Waals surface area (Å²) in [4.78, 5) is 14.5. The van der Waals surface area contributed by atoms with Gasteiger partial charge in [0, 0.05) is 13.1 Å². The van der Waals surface area contributed by atoms with Gasteiger partial charge in [0.05, 0.1) is 11.0 Å². The van der Waals surface area contributed by atoms with Crippen molar-refractivity contribution < 1.29 is 22.7 Å². The van der Waals surface area contributed by atoms with E-state index in [9.17, 15) is 13.2 Å². The molecule has 0 bridgehead atoms. The number of amides is 1. The van der Waals surface area contributed by atoms with Crippen molar-refractivity contribution in [1.29, 1.82) is 0 Å². The van der Waals surface area contributed by atoms with Gasteiger partial charge in [-0.05, 0) is 24.1 Å². The molecule has 0 saturated carbocycles. The van der Waals surface area contributed by atoms with Crippen molar-refractivity contribution in [3.63, 3.8) is 0 Å². The number of sulfone groups is 1. The molecule has 0 spiro atoms. The van der Waals surface area contributed by atoms with E-state index in [0.29, 0.717) is 24.5 Å². The maximum absolute atomic E-state index is 12.9. The second-order valence-electron chi connectivity index (χ2n) is 6.74. The van der Waals surface area contributed by atoms with E-state index in [1.807, 2.05) is 42.5 Å². The first-order valence-electron chi connectivity index (χ1n) is 8.98. The quantitative estimate of drug-likeness (QED) is 0.790. The highest BCUT2D eigenvalue weighted by atomic mass is 32.2. The molecule has 7 heteroatoms. The molecule has 1 amide bonds. The predicted octanol–water partition coefficient (Wildman–Crippen LogP) is 2.21. The molecule has 0 aromatic heterocycles. The van der Waals surface area contributed by atoms with Gasteiger partial charge >= 0.3 is 0 Å². The zero-order valence-electron chi connectivity index (χ0n) is 14.8. The molecule has 0 N–H and O–H groups in total. The van der Waals surface area contributed by atoms with Gasteiger partial charge in [0.2, 0.25) is 6.10 Å². The lowest BCUT2D eigenvalue weighted by Crippen LogP contribution is -2.47. The third kappa shape index (κ3) is 3.64. The highest BCUT2D eigenvalue weighted by molar-refractivity contribution is 7.91. The molecular formula is C20H21NO5S. The number of hydrogen-bond acceptors (Lipinski definition) is 5. The maximum atomic E-state index is 12.9. The number of carbonyl (C=O) groups is 1. The van der Waals surface area contributed by atoms with Crippen molar-refractivity contribution in [3.05, 3.63) is 60.2 Å². The van der Waals surface area contributed by atoms with Crippen molar-refractivity contribution in [3.8, 4) is 11.5 Å². The molecule has 2 aromatic rings. The zero-order chi connectivity index (χ0) is 18.9. The summed E-state index contributed by atoms with van der Waals surface area (Å²) in [5.41, 5.74) is 0.776. The molecule has 2 aromatic carbocycles. The summed E-state index contributed by atoms with van der Waals surface area (Å²) < 4.78 is 36.8. The lowest BCUT2D eigenvalue weighted by atomic mass is 10.1. The van der Waals surface area contributed by atoms with Crippen LogP contribution in [0.3, 0.4) is 0 Å². The first-order valence-corrected chi connectivity index (χ1v) is 10.7. The summed E-state index contributed by atoms with van der Waals surface area (Å²) >= 11 is 0. The summed E-state index contributed by atoms with van der Waals surface area (Å²) in [7, 11) is -3.32. The van der Waals surface area contributed by atoms with Crippen LogP contribution in [0.4, 0.5) is 0 Å². The molecule has 4 rings (SSSR count). The van der Waals surface area contributed by atoms with Crippen molar-refractivity contribution in [2.45, 2.75) is 17.8 Å². The van der Waals surface area contributed by atoms with E-state index in [0.717, 1.165) is 5.56 Å². The van der Waals surface area contributed by atoms with Crippen molar-refractivity contribution in [2.75, 3.05) is 25.4 Å². The molecule has 0 aliphatic carbocycles. The molecule has 1 saturated heterocycles. The highest BCUT2D eigenvalue weighted by Crippen LogP contribution is 2.32. The Kier molecular flexibility index (Phi) is 4.78. The predicted molar refractivity (Wildman–Crippen MR) is 101 cm³/mol. The summed E-state index contributed by atoms with van der Waals surface area (Å²) in [5, 5.41) is -0.583. The zero-order valence-corrected chi connectivity index (χ0v) is 15.6. The van der Waals surface area contributed by atoms with E-state index in [4.69, 9.17) is 9.47 Å². The number of nitrogens with zero attached hydrogens (tertiary/aromatic N) is 1. The molecule has 2 atom stereocenters. The van der Waals surface area contributed by atoms with Gasteiger partial charge in [0.1, 0.15) is 6.61 Å². The molecule has 2 heterocycles. The SMILES string of the molecule is O=C([C@@H]1COc2ccccc2O1)N1CC[C@@H](c2ccccc2)S(=O)(=O)CC1. The van der Waals surface area contributed by atoms with Crippen LogP contribution in [0.5, 0.6) is 11.5 Å². The minimum atomic E-state index is -3.32. The van der Waals surface area contributed by atoms with Crippen LogP contribution in [0.15, 0.2) is 54.6 Å². The number of para-hydroxylation sites is 2. The lowest BCUT2D eigenvalue weighted by molar-refractivity contribution is -0.140. The standard InChI is InChI=1S/C20H21NO5S/c22-20(18-14-25-16-8-4-5-9-17(16)26-18)21-11-10-19(27(23,24)13-12-21)15-6-2-1-3-7-15/h1-9,18-19H,10-14H2/t18-,19-/m0/s1. The number of fused-ring (bicyclic) bond motifs is 1. The van der Waals surface area contributed by atoms with Crippen molar-refractivity contribution in [2.24, 2.45) is 0 Å². The minimum Gasteiger partial charge on any atom is -0.485 e. The fraction of sp³-hybridized carbons (Fsp3) is 0.350. The van der Waals surface area contributed by atoms with Crippen LogP contribution in [-0.4, -0.2) is 50.8 Å². The molecule has 2 aliphatic rings. The average molecular weight is 387 g/mol. The molecule has 1 fully saturated rings. The van der Waals surface area contributed by atoms with Gasteiger partial charge < -0.3 is 14.4 Å². The fourth-order valence-corrected chi connectivity index (χ4v) is 5.35. The Balaban J connectivity index is 1.49. The van der Waals surface area contributed by atoms with E-state index in [1.54, 1.807) is 17.0 Å². The summed E-state index contributed by atoms with van der Waals surface area (Å²) in [6.07, 6.45) is -0.377. The monoisotopic (exact) mass is 387 g/mol. The number of benzene rings is 2. The van der Waals surface area contributed by atoms with E-state index in [2.05, 4.69) is 0 Å². The Morgan fingerprint density at radius 1 is 0.963 bits per heavy atom. The van der Waals surface area contributed by atoms with Gasteiger partial charge in [-0.1, -0.05) is 42.5 Å². The molecule has 142 valence electrons. The van der Waals surface area contributed by atoms with Gasteiger partial charge in [-0.15, -0.1) is 0 Å². The van der Waals surface area contributed by atoms with Crippen LogP contribution >= 0.6 is 0 Å². The van der Waals surface area contributed by atoms with Gasteiger partial charge in [0.25, 0.3) is 5.91 Å². The first-order chi connectivity index (χ1) is 13.0. The second kappa shape index (κ2) is 7.23. The molecule has 0 radical (unpaired) electrons.